The van der Waals surface area contributed by atoms with E-state index in [-0.39, 0.29) is 0 Å². The van der Waals surface area contributed by atoms with Crippen molar-refractivity contribution in [3.05, 3.63) is 36.0 Å². The van der Waals surface area contributed by atoms with Crippen LogP contribution in [0.5, 0.6) is 0 Å². The maximum atomic E-state index is 3.52. The average Bonchev–Trinajstić information content (AvgIpc) is 2.73. The van der Waals surface area contributed by atoms with Gasteiger partial charge in [0.15, 0.2) is 0 Å². The molecule has 2 rings (SSSR count). The van der Waals surface area contributed by atoms with Gasteiger partial charge in [-0.15, -0.1) is 0 Å². The fourth-order valence-electron chi connectivity index (χ4n) is 2.25. The number of unbranched alkanes of at least 4 members (excludes halogenated alkanes) is 1. The average molecular weight is 230 g/mol. The number of aromatic nitrogens is 1. The van der Waals surface area contributed by atoms with Crippen LogP contribution in [0.3, 0.4) is 0 Å². The van der Waals surface area contributed by atoms with E-state index in [2.05, 4.69) is 54.2 Å². The second-order valence-corrected chi connectivity index (χ2v) is 4.49. The van der Waals surface area contributed by atoms with Crippen molar-refractivity contribution in [3.63, 3.8) is 0 Å². The van der Waals surface area contributed by atoms with Crippen LogP contribution < -0.4 is 5.32 Å². The van der Waals surface area contributed by atoms with Gasteiger partial charge in [-0.05, 0) is 31.5 Å². The highest BCUT2D eigenvalue weighted by atomic mass is 15.0. The predicted octanol–water partition coefficient (Wildman–Crippen LogP) is 3.55. The first-order valence-corrected chi connectivity index (χ1v) is 6.64. The minimum Gasteiger partial charge on any atom is -0.347 e. The Morgan fingerprint density at radius 3 is 2.76 bits per heavy atom. The molecule has 0 aliphatic heterocycles. The van der Waals surface area contributed by atoms with Crippen molar-refractivity contribution < 1.29 is 0 Å². The molecule has 92 valence electrons. The Morgan fingerprint density at radius 1 is 1.18 bits per heavy atom. The zero-order valence-electron chi connectivity index (χ0n) is 10.9. The summed E-state index contributed by atoms with van der Waals surface area (Å²) >= 11 is 0. The van der Waals surface area contributed by atoms with Gasteiger partial charge in [0.25, 0.3) is 0 Å². The number of hydrogen-bond acceptors (Lipinski definition) is 1. The van der Waals surface area contributed by atoms with Gasteiger partial charge in [0.05, 0.1) is 0 Å². The molecule has 0 aliphatic carbocycles. The molecule has 2 nitrogen and oxygen atoms in total. The topological polar surface area (TPSA) is 17.0 Å². The van der Waals surface area contributed by atoms with E-state index in [1.807, 2.05) is 0 Å². The van der Waals surface area contributed by atoms with Crippen molar-refractivity contribution in [3.8, 4) is 0 Å². The first-order valence-electron chi connectivity index (χ1n) is 6.64. The van der Waals surface area contributed by atoms with Gasteiger partial charge in [0.1, 0.15) is 0 Å². The third-order valence-corrected chi connectivity index (χ3v) is 3.23. The Labute approximate surface area is 104 Å². The van der Waals surface area contributed by atoms with Crippen molar-refractivity contribution in [1.82, 2.24) is 9.88 Å². The Morgan fingerprint density at radius 2 is 2.00 bits per heavy atom. The van der Waals surface area contributed by atoms with E-state index in [0.29, 0.717) is 0 Å². The second kappa shape index (κ2) is 5.87. The molecule has 2 aromatic rings. The number of rotatable bonds is 6. The Balaban J connectivity index is 2.16. The van der Waals surface area contributed by atoms with Gasteiger partial charge in [-0.25, -0.2) is 0 Å². The quantitative estimate of drug-likeness (QED) is 0.751. The lowest BCUT2D eigenvalue weighted by Crippen LogP contribution is -2.14. The molecule has 0 amide bonds. The molecule has 0 bridgehead atoms. The van der Waals surface area contributed by atoms with E-state index in [9.17, 15) is 0 Å². The zero-order chi connectivity index (χ0) is 12.1. The van der Waals surface area contributed by atoms with Crippen molar-refractivity contribution in [1.29, 1.82) is 0 Å². The molecule has 0 unspecified atom stereocenters. The number of para-hydroxylation sites is 1. The summed E-state index contributed by atoms with van der Waals surface area (Å²) in [4.78, 5) is 0. The smallest absolute Gasteiger partial charge is 0.0483 e. The lowest BCUT2D eigenvalue weighted by Gasteiger charge is -2.02. The van der Waals surface area contributed by atoms with Gasteiger partial charge >= 0.3 is 0 Å². The highest BCUT2D eigenvalue weighted by Crippen LogP contribution is 2.21. The highest BCUT2D eigenvalue weighted by Gasteiger charge is 2.05. The van der Waals surface area contributed by atoms with E-state index >= 15 is 0 Å². The predicted molar refractivity (Wildman–Crippen MR) is 74.2 cm³/mol. The summed E-state index contributed by atoms with van der Waals surface area (Å²) in [6.45, 7) is 7.55. The van der Waals surface area contributed by atoms with Gasteiger partial charge in [0.2, 0.25) is 0 Å². The molecule has 0 atom stereocenters. The number of hydrogen-bond donors (Lipinski definition) is 1. The Hall–Kier alpha value is -1.28. The summed E-state index contributed by atoms with van der Waals surface area (Å²) < 4.78 is 2.33. The van der Waals surface area contributed by atoms with E-state index in [0.717, 1.165) is 19.6 Å². The fraction of sp³-hybridized carbons (Fsp3) is 0.467. The number of nitrogens with one attached hydrogen (secondary N) is 1. The molecule has 17 heavy (non-hydrogen) atoms. The third kappa shape index (κ3) is 2.70. The first-order chi connectivity index (χ1) is 8.36. The molecule has 1 N–H and O–H groups in total. The minimum absolute atomic E-state index is 0.980. The van der Waals surface area contributed by atoms with Gasteiger partial charge in [-0.1, -0.05) is 31.5 Å². The molecule has 1 heterocycles. The molecule has 2 heteroatoms. The van der Waals surface area contributed by atoms with E-state index < -0.39 is 0 Å². The van der Waals surface area contributed by atoms with Crippen molar-refractivity contribution in [2.45, 2.75) is 39.8 Å². The van der Waals surface area contributed by atoms with Crippen LogP contribution in [-0.2, 0) is 13.1 Å². The SMILES string of the molecule is CCCCNCc1cn(CC)c2ccccc12. The van der Waals surface area contributed by atoms with Crippen LogP contribution in [-0.4, -0.2) is 11.1 Å². The van der Waals surface area contributed by atoms with Crippen molar-refractivity contribution in [2.24, 2.45) is 0 Å². The normalized spacial score (nSPS) is 11.2. The summed E-state index contributed by atoms with van der Waals surface area (Å²) in [5.74, 6) is 0. The van der Waals surface area contributed by atoms with E-state index in [1.165, 1.54) is 29.3 Å². The summed E-state index contributed by atoms with van der Waals surface area (Å²) in [6.07, 6.45) is 4.79. The van der Waals surface area contributed by atoms with Gasteiger partial charge in [-0.3, -0.25) is 0 Å². The Bertz CT molecular complexity index is 471. The highest BCUT2D eigenvalue weighted by molar-refractivity contribution is 5.83. The van der Waals surface area contributed by atoms with E-state index in [1.54, 1.807) is 0 Å². The van der Waals surface area contributed by atoms with Crippen LogP contribution in [0.2, 0.25) is 0 Å². The maximum absolute atomic E-state index is 3.52. The third-order valence-electron chi connectivity index (χ3n) is 3.23. The van der Waals surface area contributed by atoms with Crippen LogP contribution in [0.15, 0.2) is 30.5 Å². The summed E-state index contributed by atoms with van der Waals surface area (Å²) in [7, 11) is 0. The second-order valence-electron chi connectivity index (χ2n) is 4.49. The molecule has 0 saturated carbocycles. The summed E-state index contributed by atoms with van der Waals surface area (Å²) in [5.41, 5.74) is 2.76. The van der Waals surface area contributed by atoms with Crippen molar-refractivity contribution in [2.75, 3.05) is 6.54 Å². The lowest BCUT2D eigenvalue weighted by molar-refractivity contribution is 0.641. The van der Waals surface area contributed by atoms with Crippen molar-refractivity contribution >= 4 is 10.9 Å². The van der Waals surface area contributed by atoms with Crippen LogP contribution in [0.4, 0.5) is 0 Å². The zero-order valence-corrected chi connectivity index (χ0v) is 10.9. The van der Waals surface area contributed by atoms with Gasteiger partial charge in [-0.2, -0.15) is 0 Å². The van der Waals surface area contributed by atoms with E-state index in [4.69, 9.17) is 0 Å². The number of fused-ring (bicyclic) bond motifs is 1. The molecule has 0 saturated heterocycles. The molecule has 1 aromatic carbocycles. The maximum Gasteiger partial charge on any atom is 0.0483 e. The largest absolute Gasteiger partial charge is 0.347 e. The van der Waals surface area contributed by atoms with Crippen LogP contribution >= 0.6 is 0 Å². The van der Waals surface area contributed by atoms with Crippen LogP contribution in [0, 0.1) is 0 Å². The molecule has 0 aliphatic rings. The molecule has 0 radical (unpaired) electrons. The molecular formula is C15H22N2. The first kappa shape index (κ1) is 12.2. The Kier molecular flexibility index (Phi) is 4.21. The molecule has 0 spiro atoms. The molecule has 0 fully saturated rings. The molecule has 1 aromatic heterocycles. The number of benzene rings is 1. The van der Waals surface area contributed by atoms with Gasteiger partial charge in [0, 0.05) is 30.2 Å². The minimum atomic E-state index is 0.980. The molecular weight excluding hydrogens is 208 g/mol. The van der Waals surface area contributed by atoms with Gasteiger partial charge < -0.3 is 9.88 Å². The number of nitrogens with zero attached hydrogens (tertiary/aromatic N) is 1. The summed E-state index contributed by atoms with van der Waals surface area (Å²) in [5, 5.41) is 4.91. The number of aryl methyl sites for hydroxylation is 1. The summed E-state index contributed by atoms with van der Waals surface area (Å²) in [6, 6.07) is 8.66. The van der Waals surface area contributed by atoms with Crippen LogP contribution in [0.1, 0.15) is 32.3 Å². The van der Waals surface area contributed by atoms with Crippen LogP contribution in [0.25, 0.3) is 10.9 Å². The monoisotopic (exact) mass is 230 g/mol. The fourth-order valence-corrected chi connectivity index (χ4v) is 2.25. The standard InChI is InChI=1S/C15H22N2/c1-3-5-10-16-11-13-12-17(4-2)15-9-7-6-8-14(13)15/h6-9,12,16H,3-5,10-11H2,1-2H3. The lowest BCUT2D eigenvalue weighted by atomic mass is 10.2.